The number of hydrogen-bond donors (Lipinski definition) is 2. The van der Waals surface area contributed by atoms with Crippen LogP contribution in [0.1, 0.15) is 25.0 Å². The Morgan fingerprint density at radius 1 is 1.17 bits per heavy atom. The second-order valence-electron chi connectivity index (χ2n) is 6.69. The summed E-state index contributed by atoms with van der Waals surface area (Å²) in [7, 11) is 0. The molecule has 0 fully saturated rings. The van der Waals surface area contributed by atoms with Crippen molar-refractivity contribution < 1.29 is 0 Å². The van der Waals surface area contributed by atoms with E-state index in [4.69, 9.17) is 0 Å². The van der Waals surface area contributed by atoms with Gasteiger partial charge in [-0.3, -0.25) is 4.99 Å². The zero-order chi connectivity index (χ0) is 22.1. The fourth-order valence-corrected chi connectivity index (χ4v) is 3.23. The lowest BCUT2D eigenvalue weighted by Gasteiger charge is -2.16. The highest BCUT2D eigenvalue weighted by Crippen LogP contribution is 2.30. The SMILES string of the molecule is C=CN=CC(=C\C)/C=C/C(=C/C)C(/Nc1ccc2[nH]cc(C)c2c1C)=C(/C#N)C=C. The summed E-state index contributed by atoms with van der Waals surface area (Å²) in [5.41, 5.74) is 7.34. The molecule has 2 aromatic rings. The molecule has 0 aliphatic rings. The Hall–Kier alpha value is -3.84. The molecule has 0 aliphatic heterocycles. The third-order valence-corrected chi connectivity index (χ3v) is 4.87. The molecular weight excluding hydrogens is 368 g/mol. The van der Waals surface area contributed by atoms with Crippen LogP contribution in [0.4, 0.5) is 5.69 Å². The number of fused-ring (bicyclic) bond motifs is 1. The predicted molar refractivity (Wildman–Crippen MR) is 130 cm³/mol. The number of aliphatic imine (C=N–C) groups is 1. The Bertz CT molecular complexity index is 1140. The molecule has 0 radical (unpaired) electrons. The molecule has 0 aliphatic carbocycles. The number of anilines is 1. The summed E-state index contributed by atoms with van der Waals surface area (Å²) in [6, 6.07) is 6.32. The lowest BCUT2D eigenvalue weighted by atomic mass is 10.0. The number of hydrogen-bond acceptors (Lipinski definition) is 3. The number of allylic oxidation sites excluding steroid dienone is 7. The van der Waals surface area contributed by atoms with Crippen molar-refractivity contribution in [2.45, 2.75) is 27.7 Å². The summed E-state index contributed by atoms with van der Waals surface area (Å²) >= 11 is 0. The molecule has 2 rings (SSSR count). The largest absolute Gasteiger partial charge is 0.361 e. The molecule has 1 heterocycles. The van der Waals surface area contributed by atoms with Crippen molar-refractivity contribution in [2.75, 3.05) is 5.32 Å². The van der Waals surface area contributed by atoms with Gasteiger partial charge in [-0.05, 0) is 68.2 Å². The van der Waals surface area contributed by atoms with E-state index in [0.29, 0.717) is 11.3 Å². The highest BCUT2D eigenvalue weighted by Gasteiger charge is 2.12. The quantitative estimate of drug-likeness (QED) is 0.292. The van der Waals surface area contributed by atoms with E-state index in [0.717, 1.165) is 27.9 Å². The summed E-state index contributed by atoms with van der Waals surface area (Å²) in [6.45, 7) is 15.5. The van der Waals surface area contributed by atoms with Crippen molar-refractivity contribution in [2.24, 2.45) is 4.99 Å². The van der Waals surface area contributed by atoms with Crippen LogP contribution in [-0.4, -0.2) is 11.2 Å². The van der Waals surface area contributed by atoms with Crippen LogP contribution in [0.3, 0.4) is 0 Å². The zero-order valence-corrected chi connectivity index (χ0v) is 18.1. The van der Waals surface area contributed by atoms with Crippen LogP contribution in [0, 0.1) is 25.2 Å². The van der Waals surface area contributed by atoms with E-state index in [1.807, 2.05) is 56.5 Å². The van der Waals surface area contributed by atoms with Crippen LogP contribution in [0.15, 0.2) is 95.5 Å². The number of aromatic amines is 1. The molecule has 0 bridgehead atoms. The lowest BCUT2D eigenvalue weighted by Crippen LogP contribution is -2.06. The van der Waals surface area contributed by atoms with Crippen LogP contribution in [-0.2, 0) is 0 Å². The number of nitrogens with zero attached hydrogens (tertiary/aromatic N) is 2. The Morgan fingerprint density at radius 3 is 2.53 bits per heavy atom. The van der Waals surface area contributed by atoms with Gasteiger partial charge in [-0.15, -0.1) is 0 Å². The van der Waals surface area contributed by atoms with Gasteiger partial charge >= 0.3 is 0 Å². The fraction of sp³-hybridized carbons (Fsp3) is 0.154. The van der Waals surface area contributed by atoms with Crippen molar-refractivity contribution >= 4 is 22.8 Å². The molecule has 1 aromatic heterocycles. The summed E-state index contributed by atoms with van der Waals surface area (Å²) < 4.78 is 0. The first-order chi connectivity index (χ1) is 14.5. The fourth-order valence-electron chi connectivity index (χ4n) is 3.23. The average molecular weight is 397 g/mol. The van der Waals surface area contributed by atoms with Crippen LogP contribution in [0.5, 0.6) is 0 Å². The molecule has 0 saturated carbocycles. The standard InChI is InChI=1S/C26H28N4/c1-7-20(17-28-10-4)11-12-21(8-2)26(22(9-3)15-27)30-23-13-14-24-25(19(23)6)18(5)16-29-24/h7-14,16-17,29-30H,3-4H2,1-2,5-6H3/b12-11+,20-7-,21-8-,26-22-,28-17?. The Morgan fingerprint density at radius 2 is 1.93 bits per heavy atom. The molecule has 0 saturated heterocycles. The average Bonchev–Trinajstić information content (AvgIpc) is 3.14. The normalized spacial score (nSPS) is 13.6. The van der Waals surface area contributed by atoms with Crippen LogP contribution < -0.4 is 5.32 Å². The first kappa shape index (κ1) is 22.4. The van der Waals surface area contributed by atoms with Gasteiger partial charge in [0, 0.05) is 35.2 Å². The van der Waals surface area contributed by atoms with Crippen molar-refractivity contribution in [3.63, 3.8) is 0 Å². The third-order valence-electron chi connectivity index (χ3n) is 4.87. The maximum Gasteiger partial charge on any atom is 0.101 e. The number of benzene rings is 1. The van der Waals surface area contributed by atoms with Crippen LogP contribution >= 0.6 is 0 Å². The molecule has 1 aromatic carbocycles. The van der Waals surface area contributed by atoms with Gasteiger partial charge < -0.3 is 10.3 Å². The van der Waals surface area contributed by atoms with Gasteiger partial charge in [0.15, 0.2) is 0 Å². The smallest absolute Gasteiger partial charge is 0.101 e. The van der Waals surface area contributed by atoms with E-state index in [1.54, 1.807) is 12.3 Å². The van der Waals surface area contributed by atoms with Crippen LogP contribution in [0.2, 0.25) is 0 Å². The second-order valence-corrected chi connectivity index (χ2v) is 6.69. The van der Waals surface area contributed by atoms with E-state index >= 15 is 0 Å². The molecule has 0 amide bonds. The van der Waals surface area contributed by atoms with E-state index in [-0.39, 0.29) is 0 Å². The highest BCUT2D eigenvalue weighted by atomic mass is 14.9. The molecule has 2 N–H and O–H groups in total. The maximum atomic E-state index is 9.69. The lowest BCUT2D eigenvalue weighted by molar-refractivity contribution is 1.33. The van der Waals surface area contributed by atoms with Gasteiger partial charge in [-0.2, -0.15) is 5.26 Å². The topological polar surface area (TPSA) is 64.0 Å². The van der Waals surface area contributed by atoms with E-state index in [2.05, 4.69) is 48.4 Å². The molecule has 0 atom stereocenters. The molecule has 0 spiro atoms. The number of H-pyrrole nitrogens is 1. The van der Waals surface area contributed by atoms with Crippen molar-refractivity contribution in [3.05, 3.63) is 102 Å². The summed E-state index contributed by atoms with van der Waals surface area (Å²) in [5, 5.41) is 14.4. The van der Waals surface area contributed by atoms with Gasteiger partial charge in [-0.1, -0.05) is 37.5 Å². The van der Waals surface area contributed by atoms with Gasteiger partial charge in [0.2, 0.25) is 0 Å². The van der Waals surface area contributed by atoms with Gasteiger partial charge in [0.25, 0.3) is 0 Å². The predicted octanol–water partition coefficient (Wildman–Crippen LogP) is 6.82. The van der Waals surface area contributed by atoms with Crippen molar-refractivity contribution in [3.8, 4) is 6.07 Å². The van der Waals surface area contributed by atoms with Crippen LogP contribution in [0.25, 0.3) is 10.9 Å². The Kier molecular flexibility index (Phi) is 7.96. The number of nitriles is 1. The number of rotatable bonds is 8. The Balaban J connectivity index is 2.53. The summed E-state index contributed by atoms with van der Waals surface area (Å²) in [6.07, 6.45) is 14.6. The van der Waals surface area contributed by atoms with Gasteiger partial charge in [0.1, 0.15) is 6.07 Å². The molecule has 30 heavy (non-hydrogen) atoms. The maximum absolute atomic E-state index is 9.69. The highest BCUT2D eigenvalue weighted by molar-refractivity contribution is 5.91. The first-order valence-electron chi connectivity index (χ1n) is 9.76. The van der Waals surface area contributed by atoms with E-state index in [1.165, 1.54) is 17.1 Å². The first-order valence-corrected chi connectivity index (χ1v) is 9.76. The minimum absolute atomic E-state index is 0.472. The molecule has 4 heteroatoms. The second kappa shape index (κ2) is 10.6. The number of aromatic nitrogens is 1. The van der Waals surface area contributed by atoms with E-state index < -0.39 is 0 Å². The van der Waals surface area contributed by atoms with E-state index in [9.17, 15) is 5.26 Å². The molecule has 0 unspecified atom stereocenters. The third kappa shape index (κ3) is 4.95. The summed E-state index contributed by atoms with van der Waals surface area (Å²) in [4.78, 5) is 7.36. The minimum atomic E-state index is 0.472. The number of aryl methyl sites for hydroxylation is 2. The summed E-state index contributed by atoms with van der Waals surface area (Å²) in [5.74, 6) is 0. The van der Waals surface area contributed by atoms with Crippen molar-refractivity contribution in [1.29, 1.82) is 5.26 Å². The molecular formula is C26H28N4. The van der Waals surface area contributed by atoms with Gasteiger partial charge in [0.05, 0.1) is 11.3 Å². The minimum Gasteiger partial charge on any atom is -0.361 e. The Labute approximate surface area is 179 Å². The monoisotopic (exact) mass is 396 g/mol. The van der Waals surface area contributed by atoms with Crippen molar-refractivity contribution in [1.82, 2.24) is 4.98 Å². The molecule has 4 nitrogen and oxygen atoms in total. The molecule has 152 valence electrons. The number of nitrogens with one attached hydrogen (secondary N) is 2. The zero-order valence-electron chi connectivity index (χ0n) is 18.1. The van der Waals surface area contributed by atoms with Gasteiger partial charge in [-0.25, -0.2) is 0 Å².